The summed E-state index contributed by atoms with van der Waals surface area (Å²) in [7, 11) is 1.33. The highest BCUT2D eigenvalue weighted by molar-refractivity contribution is 8.00. The predicted octanol–water partition coefficient (Wildman–Crippen LogP) is 3.69. The maximum Gasteiger partial charge on any atom is 0.337 e. The molecule has 1 heterocycles. The molecule has 2 aromatic carbocycles. The number of methoxy groups -OCH3 is 1. The fourth-order valence-electron chi connectivity index (χ4n) is 2.83. The minimum atomic E-state index is -0.445. The number of rotatable bonds is 6. The summed E-state index contributed by atoms with van der Waals surface area (Å²) in [6, 6.07) is 12.5. The van der Waals surface area contributed by atoms with E-state index in [9.17, 15) is 9.59 Å². The van der Waals surface area contributed by atoms with Gasteiger partial charge in [-0.2, -0.15) is 0 Å². The van der Waals surface area contributed by atoms with Crippen molar-refractivity contribution in [1.82, 2.24) is 0 Å². The number of benzene rings is 2. The van der Waals surface area contributed by atoms with E-state index in [1.807, 2.05) is 18.2 Å². The van der Waals surface area contributed by atoms with Crippen LogP contribution in [0, 0.1) is 0 Å². The Hall–Kier alpha value is -2.22. The van der Waals surface area contributed by atoms with Crippen LogP contribution in [0.3, 0.4) is 0 Å². The number of ether oxygens (including phenoxy) is 2. The number of amides is 1. The quantitative estimate of drug-likeness (QED) is 0.567. The second-order valence-electron chi connectivity index (χ2n) is 6.11. The van der Waals surface area contributed by atoms with E-state index in [-0.39, 0.29) is 11.7 Å². The van der Waals surface area contributed by atoms with Gasteiger partial charge in [-0.1, -0.05) is 11.6 Å². The van der Waals surface area contributed by atoms with Crippen molar-refractivity contribution < 1.29 is 19.1 Å². The van der Waals surface area contributed by atoms with Crippen molar-refractivity contribution in [3.8, 4) is 0 Å². The Bertz CT molecular complexity index is 839. The second-order valence-corrected chi connectivity index (χ2v) is 7.60. The molecule has 0 atom stereocenters. The molecule has 0 aliphatic carbocycles. The first kappa shape index (κ1) is 20.5. The van der Waals surface area contributed by atoms with E-state index in [1.165, 1.54) is 18.9 Å². The van der Waals surface area contributed by atoms with Gasteiger partial charge in [-0.25, -0.2) is 4.79 Å². The van der Waals surface area contributed by atoms with E-state index >= 15 is 0 Å². The van der Waals surface area contributed by atoms with Crippen LogP contribution in [0.2, 0.25) is 5.02 Å². The number of morpholine rings is 1. The number of esters is 1. The summed E-state index contributed by atoms with van der Waals surface area (Å²) in [5, 5.41) is 3.59. The van der Waals surface area contributed by atoms with Crippen molar-refractivity contribution in [3.63, 3.8) is 0 Å². The minimum absolute atomic E-state index is 0.156. The molecule has 1 N–H and O–H groups in total. The molecule has 0 spiro atoms. The summed E-state index contributed by atoms with van der Waals surface area (Å²) in [6.07, 6.45) is 0. The molecule has 0 bridgehead atoms. The van der Waals surface area contributed by atoms with Gasteiger partial charge in [0.25, 0.3) is 0 Å². The van der Waals surface area contributed by atoms with Crippen molar-refractivity contribution in [2.45, 2.75) is 4.90 Å². The zero-order valence-corrected chi connectivity index (χ0v) is 17.0. The SMILES string of the molecule is COC(=O)c1ccc(N2CCOCC2)c(NC(=O)CSc2ccc(Cl)cc2)c1. The number of carbonyl (C=O) groups is 2. The smallest absolute Gasteiger partial charge is 0.337 e. The number of thioether (sulfide) groups is 1. The number of nitrogens with zero attached hydrogens (tertiary/aromatic N) is 1. The van der Waals surface area contributed by atoms with Crippen LogP contribution in [-0.2, 0) is 14.3 Å². The summed E-state index contributed by atoms with van der Waals surface area (Å²) >= 11 is 7.30. The number of carbonyl (C=O) groups excluding carboxylic acids is 2. The fourth-order valence-corrected chi connectivity index (χ4v) is 3.65. The van der Waals surface area contributed by atoms with Gasteiger partial charge in [0.05, 0.1) is 43.0 Å². The van der Waals surface area contributed by atoms with Crippen LogP contribution < -0.4 is 10.2 Å². The molecule has 2 aromatic rings. The normalized spacial score (nSPS) is 13.9. The van der Waals surface area contributed by atoms with Gasteiger partial charge in [0, 0.05) is 23.0 Å². The van der Waals surface area contributed by atoms with Gasteiger partial charge in [0.15, 0.2) is 0 Å². The van der Waals surface area contributed by atoms with Gasteiger partial charge in [-0.15, -0.1) is 11.8 Å². The zero-order valence-electron chi connectivity index (χ0n) is 15.4. The van der Waals surface area contributed by atoms with Gasteiger partial charge < -0.3 is 19.7 Å². The fraction of sp³-hybridized carbons (Fsp3) is 0.300. The summed E-state index contributed by atoms with van der Waals surface area (Å²) in [5.41, 5.74) is 1.84. The standard InChI is InChI=1S/C20H21ClN2O4S/c1-26-20(25)14-2-7-18(23-8-10-27-11-9-23)17(12-14)22-19(24)13-28-16-5-3-15(21)4-6-16/h2-7,12H,8-11,13H2,1H3,(H,22,24). The first-order chi connectivity index (χ1) is 13.6. The highest BCUT2D eigenvalue weighted by Crippen LogP contribution is 2.29. The van der Waals surface area contributed by atoms with E-state index in [0.29, 0.717) is 29.5 Å². The van der Waals surface area contributed by atoms with Crippen LogP contribution in [0.4, 0.5) is 11.4 Å². The average molecular weight is 421 g/mol. The van der Waals surface area contributed by atoms with E-state index < -0.39 is 5.97 Å². The lowest BCUT2D eigenvalue weighted by Gasteiger charge is -2.30. The lowest BCUT2D eigenvalue weighted by molar-refractivity contribution is -0.113. The minimum Gasteiger partial charge on any atom is -0.465 e. The molecule has 1 amide bonds. The lowest BCUT2D eigenvalue weighted by atomic mass is 10.1. The number of hydrogen-bond acceptors (Lipinski definition) is 6. The molecule has 1 saturated heterocycles. The Morgan fingerprint density at radius 3 is 2.57 bits per heavy atom. The Labute approximate surface area is 173 Å². The van der Waals surface area contributed by atoms with Crippen LogP contribution in [0.15, 0.2) is 47.4 Å². The van der Waals surface area contributed by atoms with Gasteiger partial charge in [-0.05, 0) is 42.5 Å². The molecule has 0 unspecified atom stereocenters. The molecule has 1 aliphatic heterocycles. The van der Waals surface area contributed by atoms with Crippen molar-refractivity contribution in [3.05, 3.63) is 53.1 Å². The summed E-state index contributed by atoms with van der Waals surface area (Å²) in [4.78, 5) is 27.5. The number of anilines is 2. The maximum atomic E-state index is 12.5. The molecule has 28 heavy (non-hydrogen) atoms. The highest BCUT2D eigenvalue weighted by Gasteiger charge is 2.18. The third kappa shape index (κ3) is 5.41. The van der Waals surface area contributed by atoms with Crippen molar-refractivity contribution in [2.75, 3.05) is 49.4 Å². The van der Waals surface area contributed by atoms with Gasteiger partial charge >= 0.3 is 5.97 Å². The molecule has 0 saturated carbocycles. The van der Waals surface area contributed by atoms with Crippen LogP contribution in [-0.4, -0.2) is 51.0 Å². The Morgan fingerprint density at radius 1 is 1.18 bits per heavy atom. The Morgan fingerprint density at radius 2 is 1.89 bits per heavy atom. The third-order valence-electron chi connectivity index (χ3n) is 4.23. The molecular formula is C20H21ClN2O4S. The molecular weight excluding hydrogens is 400 g/mol. The van der Waals surface area contributed by atoms with Gasteiger partial charge in [-0.3, -0.25) is 4.79 Å². The van der Waals surface area contributed by atoms with Crippen LogP contribution in [0.25, 0.3) is 0 Å². The summed E-state index contributed by atoms with van der Waals surface area (Å²) < 4.78 is 10.2. The van der Waals surface area contributed by atoms with Crippen molar-refractivity contribution in [1.29, 1.82) is 0 Å². The van der Waals surface area contributed by atoms with Crippen molar-refractivity contribution >= 4 is 46.6 Å². The topological polar surface area (TPSA) is 67.9 Å². The Balaban J connectivity index is 1.74. The summed E-state index contributed by atoms with van der Waals surface area (Å²) in [6.45, 7) is 2.69. The average Bonchev–Trinajstić information content (AvgIpc) is 2.73. The predicted molar refractivity (Wildman–Crippen MR) is 112 cm³/mol. The second kappa shape index (κ2) is 9.82. The van der Waals surface area contributed by atoms with E-state index in [4.69, 9.17) is 21.1 Å². The lowest BCUT2D eigenvalue weighted by Crippen LogP contribution is -2.37. The first-order valence-corrected chi connectivity index (χ1v) is 10.2. The summed E-state index contributed by atoms with van der Waals surface area (Å²) in [5.74, 6) is -0.358. The van der Waals surface area contributed by atoms with Crippen LogP contribution in [0.1, 0.15) is 10.4 Å². The van der Waals surface area contributed by atoms with Gasteiger partial charge in [0.2, 0.25) is 5.91 Å². The number of hydrogen-bond donors (Lipinski definition) is 1. The Kier molecular flexibility index (Phi) is 7.19. The highest BCUT2D eigenvalue weighted by atomic mass is 35.5. The third-order valence-corrected chi connectivity index (χ3v) is 5.49. The molecule has 0 radical (unpaired) electrons. The van der Waals surface area contributed by atoms with E-state index in [1.54, 1.807) is 24.3 Å². The molecule has 1 aliphatic rings. The molecule has 6 nitrogen and oxygen atoms in total. The molecule has 0 aromatic heterocycles. The molecule has 8 heteroatoms. The molecule has 148 valence electrons. The largest absolute Gasteiger partial charge is 0.465 e. The maximum absolute atomic E-state index is 12.5. The van der Waals surface area contributed by atoms with Gasteiger partial charge in [0.1, 0.15) is 0 Å². The van der Waals surface area contributed by atoms with Crippen LogP contribution in [0.5, 0.6) is 0 Å². The first-order valence-electron chi connectivity index (χ1n) is 8.80. The molecule has 1 fully saturated rings. The van der Waals surface area contributed by atoms with Crippen molar-refractivity contribution in [2.24, 2.45) is 0 Å². The van der Waals surface area contributed by atoms with E-state index in [0.717, 1.165) is 23.7 Å². The molecule has 3 rings (SSSR count). The monoisotopic (exact) mass is 420 g/mol. The number of nitrogens with one attached hydrogen (secondary N) is 1. The zero-order chi connectivity index (χ0) is 19.9. The van der Waals surface area contributed by atoms with E-state index in [2.05, 4.69) is 10.2 Å². The van der Waals surface area contributed by atoms with Crippen LogP contribution >= 0.6 is 23.4 Å². The number of halogens is 1.